The van der Waals surface area contributed by atoms with Gasteiger partial charge in [-0.2, -0.15) is 13.2 Å². The Balaban J connectivity index is 0.000000385. The first kappa shape index (κ1) is 35.1. The molecule has 0 spiro atoms. The number of aromatic nitrogens is 2. The van der Waals surface area contributed by atoms with Gasteiger partial charge in [0.25, 0.3) is 5.91 Å². The first-order valence-corrected chi connectivity index (χ1v) is 14.6. The molecule has 0 unspecified atom stereocenters. The first-order valence-electron chi connectivity index (χ1n) is 13.8. The van der Waals surface area contributed by atoms with E-state index < -0.39 is 17.7 Å². The number of amides is 1. The average Bonchev–Trinajstić information content (AvgIpc) is 3.03. The molecule has 2 aromatic heterocycles. The minimum absolute atomic E-state index is 0.0648. The molecule has 2 aromatic carbocycles. The minimum atomic E-state index is -4.42. The number of hydrogen-bond acceptors (Lipinski definition) is 6. The molecule has 8 nitrogen and oxygen atoms in total. The van der Waals surface area contributed by atoms with E-state index in [4.69, 9.17) is 28.3 Å². The largest absolute Gasteiger partial charge is 0.476 e. The van der Waals surface area contributed by atoms with Gasteiger partial charge in [0, 0.05) is 33.4 Å². The molecule has 0 radical (unpaired) electrons. The Morgan fingerprint density at radius 2 is 1.62 bits per heavy atom. The summed E-state index contributed by atoms with van der Waals surface area (Å²) < 4.78 is 39.3. The summed E-state index contributed by atoms with van der Waals surface area (Å²) in [5, 5.41) is 14.7. The monoisotopic (exact) mass is 661 g/mol. The minimum Gasteiger partial charge on any atom is -0.476 e. The van der Waals surface area contributed by atoms with Crippen LogP contribution in [0.1, 0.15) is 50.0 Å². The molecule has 0 aliphatic heterocycles. The number of carbonyl (C=O) groups is 2. The van der Waals surface area contributed by atoms with Crippen molar-refractivity contribution >= 4 is 46.6 Å². The van der Waals surface area contributed by atoms with E-state index in [0.717, 1.165) is 24.1 Å². The standard InChI is InChI=1S/C25H25ClF3N3O.C7H7ClN2O2/c1-3-17-7-9-19(10-8-17)16-32(24(33)22-14-21(26)15-31-23(22)30-2)12-11-18-5-4-6-20(13-18)25(27,28)29;1-9-4-2-3-5(8)10-6(4)7(11)12/h4-10,13-15H,3,11-12,16H2,1-2H3,(H,30,31);2-3,9H,1H3,(H,11,12). The summed E-state index contributed by atoms with van der Waals surface area (Å²) in [6.45, 7) is 2.59. The molecule has 0 atom stereocenters. The molecule has 4 aromatic rings. The van der Waals surface area contributed by atoms with Gasteiger partial charge in [-0.3, -0.25) is 4.79 Å². The maximum atomic E-state index is 13.5. The molecule has 45 heavy (non-hydrogen) atoms. The quantitative estimate of drug-likeness (QED) is 0.149. The van der Waals surface area contributed by atoms with Crippen LogP contribution in [0.2, 0.25) is 10.2 Å². The zero-order valence-corrected chi connectivity index (χ0v) is 26.3. The predicted molar refractivity (Wildman–Crippen MR) is 170 cm³/mol. The molecular weight excluding hydrogens is 630 g/mol. The Morgan fingerprint density at radius 1 is 0.933 bits per heavy atom. The number of hydrogen-bond donors (Lipinski definition) is 3. The molecule has 0 saturated heterocycles. The van der Waals surface area contributed by atoms with E-state index in [9.17, 15) is 22.8 Å². The smallest absolute Gasteiger partial charge is 0.416 e. The number of carboxylic acid groups (broad SMARTS) is 1. The van der Waals surface area contributed by atoms with Crippen LogP contribution < -0.4 is 10.6 Å². The van der Waals surface area contributed by atoms with Crippen LogP contribution in [0.25, 0.3) is 0 Å². The van der Waals surface area contributed by atoms with Crippen LogP contribution >= 0.6 is 23.2 Å². The van der Waals surface area contributed by atoms with E-state index in [0.29, 0.717) is 34.2 Å². The number of alkyl halides is 3. The SMILES string of the molecule is CCc1ccc(CN(CCc2cccc(C(F)(F)F)c2)C(=O)c2cc(Cl)cnc2NC)cc1.CNc1ccc(Cl)nc1C(=O)O. The number of anilines is 2. The number of carbonyl (C=O) groups excluding carboxylic acids is 1. The fourth-order valence-electron chi connectivity index (χ4n) is 4.29. The molecule has 238 valence electrons. The summed E-state index contributed by atoms with van der Waals surface area (Å²) in [7, 11) is 3.28. The Kier molecular flexibility index (Phi) is 12.6. The number of benzene rings is 2. The molecule has 0 saturated carbocycles. The molecule has 0 bridgehead atoms. The summed E-state index contributed by atoms with van der Waals surface area (Å²) in [6.07, 6.45) is -1.80. The van der Waals surface area contributed by atoms with Gasteiger partial charge in [0.15, 0.2) is 5.69 Å². The van der Waals surface area contributed by atoms with Crippen LogP contribution in [0.3, 0.4) is 0 Å². The lowest BCUT2D eigenvalue weighted by atomic mass is 10.1. The summed E-state index contributed by atoms with van der Waals surface area (Å²) >= 11 is 11.6. The molecule has 0 aliphatic rings. The van der Waals surface area contributed by atoms with E-state index in [1.54, 1.807) is 37.2 Å². The fraction of sp³-hybridized carbons (Fsp3) is 0.250. The lowest BCUT2D eigenvalue weighted by molar-refractivity contribution is -0.137. The predicted octanol–water partition coefficient (Wildman–Crippen LogP) is 7.72. The summed E-state index contributed by atoms with van der Waals surface area (Å²) in [5.41, 5.74) is 2.59. The second kappa shape index (κ2) is 16.1. The topological polar surface area (TPSA) is 107 Å². The third-order valence-electron chi connectivity index (χ3n) is 6.67. The highest BCUT2D eigenvalue weighted by Gasteiger charge is 2.30. The lowest BCUT2D eigenvalue weighted by Gasteiger charge is -2.24. The van der Waals surface area contributed by atoms with Crippen LogP contribution in [-0.4, -0.2) is 52.5 Å². The van der Waals surface area contributed by atoms with Crippen LogP contribution in [0.15, 0.2) is 72.9 Å². The van der Waals surface area contributed by atoms with Crippen molar-refractivity contribution < 1.29 is 27.9 Å². The Labute approximate surface area is 269 Å². The zero-order valence-electron chi connectivity index (χ0n) is 24.8. The van der Waals surface area contributed by atoms with Crippen molar-refractivity contribution in [3.05, 3.63) is 117 Å². The number of nitrogens with one attached hydrogen (secondary N) is 2. The van der Waals surface area contributed by atoms with Crippen molar-refractivity contribution in [2.75, 3.05) is 31.3 Å². The van der Waals surface area contributed by atoms with Crippen LogP contribution in [0.5, 0.6) is 0 Å². The van der Waals surface area contributed by atoms with E-state index in [-0.39, 0.29) is 29.7 Å². The number of aromatic carboxylic acids is 1. The Bertz CT molecular complexity index is 1620. The molecule has 1 amide bonds. The second-order valence-electron chi connectivity index (χ2n) is 9.73. The molecular formula is C32H32Cl2F3N5O3. The van der Waals surface area contributed by atoms with Crippen molar-refractivity contribution in [1.29, 1.82) is 0 Å². The highest BCUT2D eigenvalue weighted by Crippen LogP contribution is 2.30. The molecule has 13 heteroatoms. The van der Waals surface area contributed by atoms with Gasteiger partial charge < -0.3 is 20.6 Å². The number of aryl methyl sites for hydroxylation is 1. The van der Waals surface area contributed by atoms with Gasteiger partial charge in [-0.05, 0) is 53.8 Å². The summed E-state index contributed by atoms with van der Waals surface area (Å²) in [6, 6.07) is 17.7. The van der Waals surface area contributed by atoms with E-state index in [2.05, 4.69) is 27.5 Å². The van der Waals surface area contributed by atoms with Gasteiger partial charge in [0.1, 0.15) is 11.0 Å². The highest BCUT2D eigenvalue weighted by molar-refractivity contribution is 6.31. The first-order chi connectivity index (χ1) is 21.4. The summed E-state index contributed by atoms with van der Waals surface area (Å²) in [5.74, 6) is -1.02. The van der Waals surface area contributed by atoms with Crippen molar-refractivity contribution in [3.63, 3.8) is 0 Å². The number of halogens is 5. The third-order valence-corrected chi connectivity index (χ3v) is 7.09. The van der Waals surface area contributed by atoms with Crippen LogP contribution in [-0.2, 0) is 25.6 Å². The second-order valence-corrected chi connectivity index (χ2v) is 10.6. The Hall–Kier alpha value is -4.35. The molecule has 0 fully saturated rings. The molecule has 2 heterocycles. The van der Waals surface area contributed by atoms with Gasteiger partial charge in [-0.25, -0.2) is 14.8 Å². The number of rotatable bonds is 10. The zero-order chi connectivity index (χ0) is 33.1. The maximum Gasteiger partial charge on any atom is 0.416 e. The van der Waals surface area contributed by atoms with E-state index in [1.807, 2.05) is 24.3 Å². The highest BCUT2D eigenvalue weighted by atomic mass is 35.5. The lowest BCUT2D eigenvalue weighted by Crippen LogP contribution is -2.33. The normalized spacial score (nSPS) is 10.8. The fourth-order valence-corrected chi connectivity index (χ4v) is 4.60. The maximum absolute atomic E-state index is 13.5. The summed E-state index contributed by atoms with van der Waals surface area (Å²) in [4.78, 5) is 33.5. The van der Waals surface area contributed by atoms with Crippen molar-refractivity contribution in [1.82, 2.24) is 14.9 Å². The number of pyridine rings is 2. The molecule has 0 aliphatic carbocycles. The van der Waals surface area contributed by atoms with E-state index in [1.165, 1.54) is 23.9 Å². The molecule has 4 rings (SSSR count). The van der Waals surface area contributed by atoms with Crippen LogP contribution in [0.4, 0.5) is 24.7 Å². The van der Waals surface area contributed by atoms with Crippen molar-refractivity contribution in [2.24, 2.45) is 0 Å². The van der Waals surface area contributed by atoms with Gasteiger partial charge in [-0.1, -0.05) is 72.6 Å². The van der Waals surface area contributed by atoms with Crippen LogP contribution in [0, 0.1) is 0 Å². The third kappa shape index (κ3) is 10.1. The van der Waals surface area contributed by atoms with Gasteiger partial charge in [0.05, 0.1) is 21.8 Å². The van der Waals surface area contributed by atoms with E-state index >= 15 is 0 Å². The van der Waals surface area contributed by atoms with Gasteiger partial charge >= 0.3 is 12.1 Å². The Morgan fingerprint density at radius 3 is 2.22 bits per heavy atom. The van der Waals surface area contributed by atoms with Gasteiger partial charge in [-0.15, -0.1) is 0 Å². The molecule has 3 N–H and O–H groups in total. The van der Waals surface area contributed by atoms with Crippen molar-refractivity contribution in [3.8, 4) is 0 Å². The average molecular weight is 663 g/mol. The van der Waals surface area contributed by atoms with Crippen molar-refractivity contribution in [2.45, 2.75) is 32.5 Å². The number of nitrogens with zero attached hydrogens (tertiary/aromatic N) is 3. The number of carboxylic acids is 1. The van der Waals surface area contributed by atoms with Gasteiger partial charge in [0.2, 0.25) is 0 Å².